The van der Waals surface area contributed by atoms with Gasteiger partial charge in [0.15, 0.2) is 0 Å². The predicted molar refractivity (Wildman–Crippen MR) is 76.0 cm³/mol. The van der Waals surface area contributed by atoms with E-state index < -0.39 is 22.5 Å². The topological polar surface area (TPSA) is 95.5 Å². The molecule has 0 bridgehead atoms. The van der Waals surface area contributed by atoms with Gasteiger partial charge in [-0.2, -0.15) is 0 Å². The van der Waals surface area contributed by atoms with Gasteiger partial charge < -0.3 is 4.89 Å². The summed E-state index contributed by atoms with van der Waals surface area (Å²) in [4.78, 5) is 20.7. The van der Waals surface area contributed by atoms with Crippen molar-refractivity contribution in [3.63, 3.8) is 0 Å². The van der Waals surface area contributed by atoms with Gasteiger partial charge in [-0.25, -0.2) is 8.42 Å². The average molecular weight is 316 g/mol. The Morgan fingerprint density at radius 1 is 1.28 bits per heavy atom. The molecule has 0 fully saturated rings. The van der Waals surface area contributed by atoms with Gasteiger partial charge in [0.1, 0.15) is 0 Å². The first-order chi connectivity index (χ1) is 8.22. The molecule has 18 heavy (non-hydrogen) atoms. The zero-order valence-electron chi connectivity index (χ0n) is 10.7. The molecule has 0 aliphatic heterocycles. The molecule has 3 N–H and O–H groups in total. The lowest BCUT2D eigenvalue weighted by atomic mass is 10.2. The van der Waals surface area contributed by atoms with Crippen molar-refractivity contribution in [2.24, 2.45) is 0 Å². The number of unbranched alkanes of at least 4 members (excludes halogenated alkanes) is 3. The van der Waals surface area contributed by atoms with Crippen LogP contribution in [0.2, 0.25) is 0 Å². The lowest BCUT2D eigenvalue weighted by molar-refractivity contribution is -0.119. The Morgan fingerprint density at radius 3 is 2.39 bits per heavy atom. The second-order valence-electron chi connectivity index (χ2n) is 3.94. The smallest absolute Gasteiger partial charge is 0.236 e. The summed E-state index contributed by atoms with van der Waals surface area (Å²) in [6, 6.07) is 0. The number of nitrogens with one attached hydrogen (secondary N) is 2. The molecule has 0 radical (unpaired) electrons. The Kier molecular flexibility index (Phi) is 8.21. The standard InChI is InChI=1S/C9H21N2O4PS2/c1-3-5-6-7-8-18(14,15)11-16(13,17)10-9(12)4-2/h3-8H2,1-2H3,(H3,10,11,12,13,17). The zero-order valence-corrected chi connectivity index (χ0v) is 13.2. The van der Waals surface area contributed by atoms with Crippen molar-refractivity contribution in [3.8, 4) is 0 Å². The predicted octanol–water partition coefficient (Wildman–Crippen LogP) is 1.23. The molecule has 108 valence electrons. The lowest BCUT2D eigenvalue weighted by Gasteiger charge is -2.17. The van der Waals surface area contributed by atoms with Crippen LogP contribution in [0.4, 0.5) is 0 Å². The van der Waals surface area contributed by atoms with Crippen LogP contribution in [0, 0.1) is 0 Å². The molecule has 0 saturated heterocycles. The zero-order chi connectivity index (χ0) is 14.2. The van der Waals surface area contributed by atoms with E-state index in [1.807, 2.05) is 11.4 Å². The fourth-order valence-corrected chi connectivity index (χ4v) is 5.69. The number of carbonyl (C=O) groups excluding carboxylic acids is 1. The van der Waals surface area contributed by atoms with E-state index >= 15 is 0 Å². The first-order valence-corrected chi connectivity index (χ1v) is 10.3. The highest BCUT2D eigenvalue weighted by Crippen LogP contribution is 2.31. The Balaban J connectivity index is 4.30. The summed E-state index contributed by atoms with van der Waals surface area (Å²) in [7, 11) is -3.64. The Bertz CT molecular complexity index is 411. The Labute approximate surface area is 114 Å². The molecular weight excluding hydrogens is 295 g/mol. The maximum Gasteiger partial charge on any atom is 0.236 e. The second kappa shape index (κ2) is 8.22. The van der Waals surface area contributed by atoms with E-state index in [-0.39, 0.29) is 12.2 Å². The number of hydrogen-bond donors (Lipinski definition) is 3. The van der Waals surface area contributed by atoms with Crippen LogP contribution >= 0.6 is 6.57 Å². The molecule has 0 spiro atoms. The van der Waals surface area contributed by atoms with Gasteiger partial charge in [-0.1, -0.05) is 33.1 Å². The minimum atomic E-state index is -3.64. The van der Waals surface area contributed by atoms with Crippen LogP contribution in [-0.4, -0.2) is 25.0 Å². The van der Waals surface area contributed by atoms with Crippen molar-refractivity contribution in [2.75, 3.05) is 5.75 Å². The average Bonchev–Trinajstić information content (AvgIpc) is 2.22. The van der Waals surface area contributed by atoms with Crippen molar-refractivity contribution in [1.82, 2.24) is 9.58 Å². The summed E-state index contributed by atoms with van der Waals surface area (Å²) >= 11 is 4.68. The molecule has 0 aromatic rings. The fourth-order valence-electron chi connectivity index (χ4n) is 1.22. The molecule has 9 heteroatoms. The van der Waals surface area contributed by atoms with Crippen molar-refractivity contribution < 1.29 is 18.1 Å². The van der Waals surface area contributed by atoms with Crippen LogP contribution in [0.15, 0.2) is 0 Å². The highest BCUT2D eigenvalue weighted by Gasteiger charge is 2.22. The van der Waals surface area contributed by atoms with Gasteiger partial charge in [0.05, 0.1) is 5.75 Å². The van der Waals surface area contributed by atoms with Gasteiger partial charge in [-0.05, 0) is 18.2 Å². The van der Waals surface area contributed by atoms with Gasteiger partial charge in [0.25, 0.3) is 0 Å². The monoisotopic (exact) mass is 316 g/mol. The van der Waals surface area contributed by atoms with Crippen molar-refractivity contribution in [2.45, 2.75) is 46.0 Å². The van der Waals surface area contributed by atoms with Crippen LogP contribution in [0.3, 0.4) is 0 Å². The molecule has 1 unspecified atom stereocenters. The van der Waals surface area contributed by atoms with E-state index in [4.69, 9.17) is 0 Å². The molecule has 0 aliphatic rings. The van der Waals surface area contributed by atoms with Gasteiger partial charge in [-0.3, -0.25) is 9.88 Å². The molecule has 6 nitrogen and oxygen atoms in total. The quantitative estimate of drug-likeness (QED) is 0.439. The summed E-state index contributed by atoms with van der Waals surface area (Å²) in [5.74, 6) is -0.567. The third kappa shape index (κ3) is 8.99. The van der Waals surface area contributed by atoms with Crippen molar-refractivity contribution in [3.05, 3.63) is 0 Å². The highest BCUT2D eigenvalue weighted by molar-refractivity contribution is 8.15. The molecule has 0 aliphatic carbocycles. The molecular formula is C9H21N2O4PS2. The van der Waals surface area contributed by atoms with E-state index in [1.165, 1.54) is 0 Å². The molecule has 0 saturated carbocycles. The van der Waals surface area contributed by atoms with Crippen LogP contribution in [0.5, 0.6) is 0 Å². The molecule has 0 heterocycles. The van der Waals surface area contributed by atoms with Gasteiger partial charge in [0.2, 0.25) is 22.5 Å². The minimum Gasteiger partial charge on any atom is -0.338 e. The largest absolute Gasteiger partial charge is 0.338 e. The maximum absolute atomic E-state index is 11.6. The number of sulfonamides is 1. The molecule has 1 amide bonds. The van der Waals surface area contributed by atoms with E-state index in [2.05, 4.69) is 16.9 Å². The van der Waals surface area contributed by atoms with Crippen LogP contribution in [0.25, 0.3) is 0 Å². The summed E-state index contributed by atoms with van der Waals surface area (Å²) < 4.78 is 25.2. The SMILES string of the molecule is CCCCCCS(=O)(=O)NP(O)(=S)NC(=O)CC. The normalized spacial score (nSPS) is 15.1. The fraction of sp³-hybridized carbons (Fsp3) is 0.889. The Hall–Kier alpha value is -0.0100. The third-order valence-electron chi connectivity index (χ3n) is 2.13. The van der Waals surface area contributed by atoms with Gasteiger partial charge in [-0.15, -0.1) is 4.49 Å². The summed E-state index contributed by atoms with van der Waals surface area (Å²) in [6.07, 6.45) is 3.44. The summed E-state index contributed by atoms with van der Waals surface area (Å²) in [6.45, 7) is 0.0691. The Morgan fingerprint density at radius 2 is 1.89 bits per heavy atom. The van der Waals surface area contributed by atoms with E-state index in [1.54, 1.807) is 6.92 Å². The van der Waals surface area contributed by atoms with Gasteiger partial charge >= 0.3 is 0 Å². The number of hydrogen-bond acceptors (Lipinski definition) is 4. The molecule has 0 rings (SSSR count). The van der Waals surface area contributed by atoms with Crippen LogP contribution < -0.4 is 9.58 Å². The van der Waals surface area contributed by atoms with Crippen molar-refractivity contribution in [1.29, 1.82) is 0 Å². The van der Waals surface area contributed by atoms with Gasteiger partial charge in [0, 0.05) is 6.42 Å². The number of carbonyl (C=O) groups is 1. The second-order valence-corrected chi connectivity index (χ2v) is 9.26. The molecule has 0 aromatic carbocycles. The summed E-state index contributed by atoms with van der Waals surface area (Å²) in [5, 5.41) is 2.12. The maximum atomic E-state index is 11.6. The number of amides is 1. The minimum absolute atomic E-state index is 0.0893. The molecule has 1 atom stereocenters. The van der Waals surface area contributed by atoms with E-state index in [9.17, 15) is 18.1 Å². The molecule has 0 aromatic heterocycles. The number of rotatable bonds is 9. The van der Waals surface area contributed by atoms with Crippen LogP contribution in [-0.2, 0) is 26.6 Å². The van der Waals surface area contributed by atoms with Crippen molar-refractivity contribution >= 4 is 34.3 Å². The highest BCUT2D eigenvalue weighted by atomic mass is 32.5. The third-order valence-corrected chi connectivity index (χ3v) is 6.55. The van der Waals surface area contributed by atoms with E-state index in [0.717, 1.165) is 19.3 Å². The summed E-state index contributed by atoms with van der Waals surface area (Å²) in [5.41, 5.74) is 0. The first kappa shape index (κ1) is 18.0. The van der Waals surface area contributed by atoms with E-state index in [0.29, 0.717) is 6.42 Å². The first-order valence-electron chi connectivity index (χ1n) is 5.88. The van der Waals surface area contributed by atoms with Crippen LogP contribution in [0.1, 0.15) is 46.0 Å². The lowest BCUT2D eigenvalue weighted by Crippen LogP contribution is -2.32.